The Labute approximate surface area is 223 Å². The van der Waals surface area contributed by atoms with E-state index in [0.717, 1.165) is 57.6 Å². The fraction of sp³-hybridized carbons (Fsp3) is 0.400. The number of rotatable bonds is 4. The summed E-state index contributed by atoms with van der Waals surface area (Å²) in [5.41, 5.74) is 3.51. The van der Waals surface area contributed by atoms with Crippen LogP contribution in [0.25, 0.3) is 33.1 Å². The third kappa shape index (κ3) is 4.42. The monoisotopic (exact) mass is 563 g/mol. The Balaban J connectivity index is 1.26. The minimum atomic E-state index is -0.613. The van der Waals surface area contributed by atoms with Crippen molar-refractivity contribution < 1.29 is 18.7 Å². The van der Waals surface area contributed by atoms with E-state index in [1.54, 1.807) is 12.3 Å². The molecular weight excluding hydrogens is 534 g/mol. The van der Waals surface area contributed by atoms with Crippen LogP contribution in [0.3, 0.4) is 0 Å². The number of hydrogen-bond acceptors (Lipinski definition) is 5. The summed E-state index contributed by atoms with van der Waals surface area (Å²) in [6, 6.07) is 11.8. The van der Waals surface area contributed by atoms with Gasteiger partial charge in [0, 0.05) is 57.9 Å². The molecule has 1 N–H and O–H groups in total. The maximum absolute atomic E-state index is 13.1. The molecule has 6 rings (SSSR count). The Morgan fingerprint density at radius 2 is 1.95 bits per heavy atom. The number of halogens is 1. The van der Waals surface area contributed by atoms with Crippen LogP contribution in [0, 0.1) is 12.8 Å². The molecule has 7 heteroatoms. The summed E-state index contributed by atoms with van der Waals surface area (Å²) in [4.78, 5) is 27.9. The number of hydrogen-bond donors (Lipinski definition) is 1. The van der Waals surface area contributed by atoms with E-state index in [1.807, 2.05) is 42.2 Å². The minimum Gasteiger partial charge on any atom is -0.464 e. The van der Waals surface area contributed by atoms with Crippen molar-refractivity contribution in [2.45, 2.75) is 57.5 Å². The van der Waals surface area contributed by atoms with Crippen molar-refractivity contribution in [2.24, 2.45) is 5.92 Å². The fourth-order valence-electron chi connectivity index (χ4n) is 6.24. The number of amides is 1. The topological polar surface area (TPSA) is 83.9 Å². The first-order chi connectivity index (χ1) is 17.8. The highest BCUT2D eigenvalue weighted by Crippen LogP contribution is 2.40. The zero-order valence-corrected chi connectivity index (χ0v) is 22.5. The van der Waals surface area contributed by atoms with Crippen LogP contribution < -0.4 is 5.63 Å². The van der Waals surface area contributed by atoms with Gasteiger partial charge in [-0.05, 0) is 61.9 Å². The lowest BCUT2D eigenvalue weighted by atomic mass is 9.71. The van der Waals surface area contributed by atoms with E-state index in [-0.39, 0.29) is 18.2 Å². The molecule has 6 nitrogen and oxygen atoms in total. The molecule has 2 aromatic heterocycles. The molecule has 1 aliphatic carbocycles. The first kappa shape index (κ1) is 24.4. The van der Waals surface area contributed by atoms with E-state index in [4.69, 9.17) is 8.83 Å². The Bertz CT molecular complexity index is 1550. The number of carbonyl (C=O) groups excluding carboxylic acids is 1. The number of aryl methyl sites for hydroxylation is 1. The molecule has 2 aliphatic rings. The van der Waals surface area contributed by atoms with Gasteiger partial charge in [0.05, 0.1) is 11.9 Å². The van der Waals surface area contributed by atoms with Gasteiger partial charge in [0.25, 0.3) is 0 Å². The van der Waals surface area contributed by atoms with Gasteiger partial charge in [-0.1, -0.05) is 40.9 Å². The SMILES string of the molecule is Cc1c(CCC(=O)N2CC[C@@]3(O)CCCC[C@H]3C2)c(=O)oc2cc3occ(-c4ccc(Br)cc4)c3cc12. The zero-order valence-electron chi connectivity index (χ0n) is 20.9. The number of piperidine rings is 1. The third-order valence-corrected chi connectivity index (χ3v) is 9.03. The number of aliphatic hydroxyl groups is 1. The summed E-state index contributed by atoms with van der Waals surface area (Å²) in [5, 5.41) is 12.7. The Morgan fingerprint density at radius 3 is 2.76 bits per heavy atom. The van der Waals surface area contributed by atoms with Gasteiger partial charge in [-0.25, -0.2) is 4.79 Å². The molecule has 0 bridgehead atoms. The van der Waals surface area contributed by atoms with Crippen molar-refractivity contribution in [1.82, 2.24) is 4.90 Å². The van der Waals surface area contributed by atoms with Crippen LogP contribution in [0.2, 0.25) is 0 Å². The molecule has 192 valence electrons. The molecule has 2 atom stereocenters. The van der Waals surface area contributed by atoms with Gasteiger partial charge in [0.15, 0.2) is 0 Å². The lowest BCUT2D eigenvalue weighted by molar-refractivity contribution is -0.143. The maximum Gasteiger partial charge on any atom is 0.339 e. The molecule has 0 unspecified atom stereocenters. The van der Waals surface area contributed by atoms with Gasteiger partial charge < -0.3 is 18.8 Å². The summed E-state index contributed by atoms with van der Waals surface area (Å²) >= 11 is 3.48. The van der Waals surface area contributed by atoms with E-state index in [9.17, 15) is 14.7 Å². The van der Waals surface area contributed by atoms with Crippen LogP contribution in [0.1, 0.15) is 49.7 Å². The number of furan rings is 1. The van der Waals surface area contributed by atoms with Crippen LogP contribution >= 0.6 is 15.9 Å². The Morgan fingerprint density at radius 1 is 1.14 bits per heavy atom. The van der Waals surface area contributed by atoms with Crippen LogP contribution in [-0.2, 0) is 11.2 Å². The second kappa shape index (κ2) is 9.44. The molecule has 0 radical (unpaired) electrons. The first-order valence-corrected chi connectivity index (χ1v) is 13.9. The zero-order chi connectivity index (χ0) is 25.7. The number of carbonyl (C=O) groups is 1. The molecule has 0 spiro atoms. The molecule has 37 heavy (non-hydrogen) atoms. The first-order valence-electron chi connectivity index (χ1n) is 13.1. The Hall–Kier alpha value is -2.90. The number of fused-ring (bicyclic) bond motifs is 3. The second-order valence-electron chi connectivity index (χ2n) is 10.6. The Kier molecular flexibility index (Phi) is 6.24. The van der Waals surface area contributed by atoms with Crippen molar-refractivity contribution in [3.8, 4) is 11.1 Å². The van der Waals surface area contributed by atoms with Gasteiger partial charge in [0.1, 0.15) is 11.2 Å². The average molecular weight is 564 g/mol. The molecule has 2 aromatic carbocycles. The van der Waals surface area contributed by atoms with Crippen LogP contribution in [-0.4, -0.2) is 34.6 Å². The average Bonchev–Trinajstić information content (AvgIpc) is 3.30. The van der Waals surface area contributed by atoms with Gasteiger partial charge in [-0.15, -0.1) is 0 Å². The molecule has 1 saturated carbocycles. The van der Waals surface area contributed by atoms with Crippen LogP contribution in [0.5, 0.6) is 0 Å². The molecule has 1 aliphatic heterocycles. The summed E-state index contributed by atoms with van der Waals surface area (Å²) in [7, 11) is 0. The van der Waals surface area contributed by atoms with E-state index in [1.165, 1.54) is 0 Å². The van der Waals surface area contributed by atoms with E-state index >= 15 is 0 Å². The van der Waals surface area contributed by atoms with Gasteiger partial charge in [-0.3, -0.25) is 4.79 Å². The predicted molar refractivity (Wildman–Crippen MR) is 147 cm³/mol. The van der Waals surface area contributed by atoms with Gasteiger partial charge in [-0.2, -0.15) is 0 Å². The van der Waals surface area contributed by atoms with E-state index < -0.39 is 11.2 Å². The highest BCUT2D eigenvalue weighted by Gasteiger charge is 2.43. The number of benzene rings is 2. The predicted octanol–water partition coefficient (Wildman–Crippen LogP) is 6.36. The summed E-state index contributed by atoms with van der Waals surface area (Å²) in [5.74, 6) is 0.193. The molecule has 2 fully saturated rings. The standard InChI is InChI=1S/C30H30BrNO5/c1-18-22(9-10-28(33)32-13-12-30(35)11-3-2-4-20(30)16-32)29(34)37-27-15-26-24(14-23(18)27)25(17-36-26)19-5-7-21(31)8-6-19/h5-8,14-15,17,20,35H,2-4,9-13,16H2,1H3/t20-,30-/m0/s1. The second-order valence-corrected chi connectivity index (χ2v) is 11.5. The third-order valence-electron chi connectivity index (χ3n) is 8.51. The summed E-state index contributed by atoms with van der Waals surface area (Å²) in [6.07, 6.45) is 6.93. The smallest absolute Gasteiger partial charge is 0.339 e. The summed E-state index contributed by atoms with van der Waals surface area (Å²) in [6.45, 7) is 3.11. The lowest BCUT2D eigenvalue weighted by Crippen LogP contribution is -2.54. The van der Waals surface area contributed by atoms with E-state index in [0.29, 0.717) is 42.7 Å². The lowest BCUT2D eigenvalue weighted by Gasteiger charge is -2.47. The maximum atomic E-state index is 13.1. The number of nitrogens with zero attached hydrogens (tertiary/aromatic N) is 1. The van der Waals surface area contributed by atoms with E-state index in [2.05, 4.69) is 15.9 Å². The van der Waals surface area contributed by atoms with Gasteiger partial charge >= 0.3 is 5.63 Å². The fourth-order valence-corrected chi connectivity index (χ4v) is 6.50. The highest BCUT2D eigenvalue weighted by molar-refractivity contribution is 9.10. The van der Waals surface area contributed by atoms with Gasteiger partial charge in [0.2, 0.25) is 5.91 Å². The van der Waals surface area contributed by atoms with Crippen molar-refractivity contribution in [3.05, 3.63) is 68.7 Å². The molecule has 3 heterocycles. The van der Waals surface area contributed by atoms with Crippen molar-refractivity contribution in [3.63, 3.8) is 0 Å². The van der Waals surface area contributed by atoms with Crippen LogP contribution in [0.4, 0.5) is 0 Å². The normalized spacial score (nSPS) is 21.9. The molecular formula is C30H30BrNO5. The highest BCUT2D eigenvalue weighted by atomic mass is 79.9. The van der Waals surface area contributed by atoms with Crippen molar-refractivity contribution >= 4 is 43.8 Å². The molecule has 1 amide bonds. The summed E-state index contributed by atoms with van der Waals surface area (Å²) < 4.78 is 12.5. The van der Waals surface area contributed by atoms with Crippen molar-refractivity contribution in [2.75, 3.05) is 13.1 Å². The van der Waals surface area contributed by atoms with Crippen molar-refractivity contribution in [1.29, 1.82) is 0 Å². The minimum absolute atomic E-state index is 0.0364. The number of likely N-dealkylation sites (tertiary alicyclic amines) is 1. The molecule has 1 saturated heterocycles. The van der Waals surface area contributed by atoms with Crippen LogP contribution in [0.15, 0.2) is 60.8 Å². The largest absolute Gasteiger partial charge is 0.464 e. The quantitative estimate of drug-likeness (QED) is 0.292. The molecule has 4 aromatic rings.